The Labute approximate surface area is 88.8 Å². The second-order valence-corrected chi connectivity index (χ2v) is 3.74. The van der Waals surface area contributed by atoms with Gasteiger partial charge in [-0.25, -0.2) is 4.98 Å². The summed E-state index contributed by atoms with van der Waals surface area (Å²) in [7, 11) is 0. The third-order valence-electron chi connectivity index (χ3n) is 2.76. The zero-order valence-corrected chi connectivity index (χ0v) is 8.91. The van der Waals surface area contributed by atoms with Gasteiger partial charge >= 0.3 is 0 Å². The molecule has 15 heavy (non-hydrogen) atoms. The van der Waals surface area contributed by atoms with Gasteiger partial charge in [0.05, 0.1) is 12.0 Å². The first kappa shape index (κ1) is 9.77. The predicted octanol–water partition coefficient (Wildman–Crippen LogP) is 2.32. The molecule has 1 heterocycles. The van der Waals surface area contributed by atoms with E-state index < -0.39 is 0 Å². The fraction of sp³-hybridized carbons (Fsp3) is 0.250. The SMILES string of the molecule is Cc1ccc(O)c(Cc2c[nH]cn2)c1C. The number of benzene rings is 1. The lowest BCUT2D eigenvalue weighted by molar-refractivity contribution is 0.468. The Morgan fingerprint density at radius 3 is 2.80 bits per heavy atom. The Kier molecular flexibility index (Phi) is 2.46. The number of aromatic hydroxyl groups is 1. The van der Waals surface area contributed by atoms with Crippen LogP contribution in [0, 0.1) is 13.8 Å². The molecular weight excluding hydrogens is 188 g/mol. The number of phenolic OH excluding ortho intramolecular Hbond substituents is 1. The molecule has 0 saturated heterocycles. The van der Waals surface area contributed by atoms with Gasteiger partial charge in [-0.05, 0) is 31.0 Å². The van der Waals surface area contributed by atoms with Gasteiger partial charge in [0.1, 0.15) is 5.75 Å². The number of aryl methyl sites for hydroxylation is 1. The summed E-state index contributed by atoms with van der Waals surface area (Å²) in [6, 6.07) is 3.67. The lowest BCUT2D eigenvalue weighted by atomic mass is 9.99. The first-order valence-electron chi connectivity index (χ1n) is 4.94. The van der Waals surface area contributed by atoms with Gasteiger partial charge in [0.15, 0.2) is 0 Å². The summed E-state index contributed by atoms with van der Waals surface area (Å²) in [4.78, 5) is 7.07. The maximum atomic E-state index is 9.78. The second kappa shape index (κ2) is 3.77. The van der Waals surface area contributed by atoms with E-state index in [1.54, 1.807) is 12.4 Å². The number of rotatable bonds is 2. The maximum absolute atomic E-state index is 9.78. The smallest absolute Gasteiger partial charge is 0.119 e. The van der Waals surface area contributed by atoms with E-state index in [1.165, 1.54) is 5.56 Å². The number of phenols is 1. The maximum Gasteiger partial charge on any atom is 0.119 e. The van der Waals surface area contributed by atoms with Crippen molar-refractivity contribution in [1.82, 2.24) is 9.97 Å². The first-order chi connectivity index (χ1) is 7.18. The molecule has 0 fully saturated rings. The Balaban J connectivity index is 2.39. The lowest BCUT2D eigenvalue weighted by Crippen LogP contribution is -1.95. The minimum atomic E-state index is 0.348. The Morgan fingerprint density at radius 1 is 1.33 bits per heavy atom. The van der Waals surface area contributed by atoms with Crippen LogP contribution in [0.1, 0.15) is 22.4 Å². The highest BCUT2D eigenvalue weighted by Crippen LogP contribution is 2.25. The molecule has 3 heteroatoms. The van der Waals surface area contributed by atoms with Crippen LogP contribution in [-0.4, -0.2) is 15.1 Å². The van der Waals surface area contributed by atoms with Crippen LogP contribution in [-0.2, 0) is 6.42 Å². The fourth-order valence-electron chi connectivity index (χ4n) is 1.65. The second-order valence-electron chi connectivity index (χ2n) is 3.74. The van der Waals surface area contributed by atoms with Crippen LogP contribution < -0.4 is 0 Å². The van der Waals surface area contributed by atoms with Gasteiger partial charge in [-0.2, -0.15) is 0 Å². The summed E-state index contributed by atoms with van der Waals surface area (Å²) in [5.74, 6) is 0.348. The molecule has 0 aliphatic heterocycles. The third kappa shape index (κ3) is 1.86. The van der Waals surface area contributed by atoms with Crippen molar-refractivity contribution in [2.24, 2.45) is 0 Å². The highest BCUT2D eigenvalue weighted by atomic mass is 16.3. The van der Waals surface area contributed by atoms with Crippen molar-refractivity contribution < 1.29 is 5.11 Å². The van der Waals surface area contributed by atoms with Crippen LogP contribution in [0.5, 0.6) is 5.75 Å². The molecule has 0 bridgehead atoms. The summed E-state index contributed by atoms with van der Waals surface area (Å²) in [5.41, 5.74) is 4.23. The van der Waals surface area contributed by atoms with E-state index in [9.17, 15) is 5.11 Å². The molecular formula is C12H14N2O. The molecule has 0 unspecified atom stereocenters. The molecule has 3 nitrogen and oxygen atoms in total. The largest absolute Gasteiger partial charge is 0.508 e. The Hall–Kier alpha value is -1.77. The molecule has 0 aliphatic rings. The zero-order valence-electron chi connectivity index (χ0n) is 8.91. The van der Waals surface area contributed by atoms with Gasteiger partial charge in [0.25, 0.3) is 0 Å². The van der Waals surface area contributed by atoms with E-state index in [4.69, 9.17) is 0 Å². The van der Waals surface area contributed by atoms with Gasteiger partial charge in [-0.1, -0.05) is 6.07 Å². The molecule has 2 rings (SSSR count). The Morgan fingerprint density at radius 2 is 2.13 bits per heavy atom. The van der Waals surface area contributed by atoms with Crippen molar-refractivity contribution in [2.75, 3.05) is 0 Å². The summed E-state index contributed by atoms with van der Waals surface area (Å²) in [6.45, 7) is 4.07. The molecule has 78 valence electrons. The molecule has 1 aromatic heterocycles. The summed E-state index contributed by atoms with van der Waals surface area (Å²) in [5, 5.41) is 9.78. The monoisotopic (exact) mass is 202 g/mol. The minimum Gasteiger partial charge on any atom is -0.508 e. The molecule has 0 radical (unpaired) electrons. The molecule has 2 N–H and O–H groups in total. The number of H-pyrrole nitrogens is 1. The standard InChI is InChI=1S/C12H14N2O/c1-8-3-4-12(15)11(9(8)2)5-10-6-13-7-14-10/h3-4,6-7,15H,5H2,1-2H3,(H,13,14). The van der Waals surface area contributed by atoms with Crippen LogP contribution >= 0.6 is 0 Å². The quantitative estimate of drug-likeness (QED) is 0.785. The first-order valence-corrected chi connectivity index (χ1v) is 4.94. The summed E-state index contributed by atoms with van der Waals surface area (Å²) in [6.07, 6.45) is 4.17. The highest BCUT2D eigenvalue weighted by molar-refractivity contribution is 5.44. The highest BCUT2D eigenvalue weighted by Gasteiger charge is 2.08. The molecule has 0 amide bonds. The number of aromatic nitrogens is 2. The number of hydrogen-bond donors (Lipinski definition) is 2. The van der Waals surface area contributed by atoms with Crippen molar-refractivity contribution in [3.63, 3.8) is 0 Å². The summed E-state index contributed by atoms with van der Waals surface area (Å²) < 4.78 is 0. The molecule has 2 aromatic rings. The number of aromatic amines is 1. The molecule has 0 spiro atoms. The van der Waals surface area contributed by atoms with E-state index in [1.807, 2.05) is 26.1 Å². The number of nitrogens with zero attached hydrogens (tertiary/aromatic N) is 1. The van der Waals surface area contributed by atoms with E-state index in [0.29, 0.717) is 12.2 Å². The van der Waals surface area contributed by atoms with Crippen molar-refractivity contribution in [3.8, 4) is 5.75 Å². The van der Waals surface area contributed by atoms with Gasteiger partial charge in [-0.3, -0.25) is 0 Å². The van der Waals surface area contributed by atoms with Crippen LogP contribution in [0.3, 0.4) is 0 Å². The average molecular weight is 202 g/mol. The lowest BCUT2D eigenvalue weighted by Gasteiger charge is -2.09. The Bertz CT molecular complexity index is 461. The molecule has 1 aromatic carbocycles. The van der Waals surface area contributed by atoms with Crippen LogP contribution in [0.25, 0.3) is 0 Å². The fourth-order valence-corrected chi connectivity index (χ4v) is 1.65. The van der Waals surface area contributed by atoms with Crippen molar-refractivity contribution in [2.45, 2.75) is 20.3 Å². The van der Waals surface area contributed by atoms with E-state index in [2.05, 4.69) is 9.97 Å². The van der Waals surface area contributed by atoms with Gasteiger partial charge in [0, 0.05) is 18.2 Å². The number of nitrogens with one attached hydrogen (secondary N) is 1. The van der Waals surface area contributed by atoms with Crippen molar-refractivity contribution in [1.29, 1.82) is 0 Å². The summed E-state index contributed by atoms with van der Waals surface area (Å²) >= 11 is 0. The third-order valence-corrected chi connectivity index (χ3v) is 2.76. The molecule has 0 saturated carbocycles. The predicted molar refractivity (Wildman–Crippen MR) is 59.0 cm³/mol. The van der Waals surface area contributed by atoms with Gasteiger partial charge in [0.2, 0.25) is 0 Å². The number of hydrogen-bond acceptors (Lipinski definition) is 2. The van der Waals surface area contributed by atoms with Crippen LogP contribution in [0.15, 0.2) is 24.7 Å². The molecule has 0 atom stereocenters. The van der Waals surface area contributed by atoms with Gasteiger partial charge < -0.3 is 10.1 Å². The van der Waals surface area contributed by atoms with E-state index in [0.717, 1.165) is 16.8 Å². The number of imidazole rings is 1. The van der Waals surface area contributed by atoms with E-state index >= 15 is 0 Å². The van der Waals surface area contributed by atoms with Gasteiger partial charge in [-0.15, -0.1) is 0 Å². The minimum absolute atomic E-state index is 0.348. The zero-order chi connectivity index (χ0) is 10.8. The van der Waals surface area contributed by atoms with E-state index in [-0.39, 0.29) is 0 Å². The normalized spacial score (nSPS) is 10.5. The van der Waals surface area contributed by atoms with Crippen LogP contribution in [0.2, 0.25) is 0 Å². The molecule has 0 aliphatic carbocycles. The topological polar surface area (TPSA) is 48.9 Å². The van der Waals surface area contributed by atoms with Crippen molar-refractivity contribution >= 4 is 0 Å². The van der Waals surface area contributed by atoms with Crippen molar-refractivity contribution in [3.05, 3.63) is 47.0 Å². The average Bonchev–Trinajstić information content (AvgIpc) is 2.71. The van der Waals surface area contributed by atoms with Crippen LogP contribution in [0.4, 0.5) is 0 Å².